The van der Waals surface area contributed by atoms with Crippen molar-refractivity contribution in [2.24, 2.45) is 0 Å². The molecule has 0 aliphatic rings. The first-order valence-electron chi connectivity index (χ1n) is 7.68. The molecule has 8 nitrogen and oxygen atoms in total. The third-order valence-corrected chi connectivity index (χ3v) is 6.17. The van der Waals surface area contributed by atoms with Gasteiger partial charge in [-0.05, 0) is 36.8 Å². The predicted octanol–water partition coefficient (Wildman–Crippen LogP) is 3.29. The zero-order chi connectivity index (χ0) is 19.4. The summed E-state index contributed by atoms with van der Waals surface area (Å²) in [6.45, 7) is 1.66. The topological polar surface area (TPSA) is 111 Å². The van der Waals surface area contributed by atoms with Crippen LogP contribution in [0.4, 0.5) is 5.13 Å². The molecule has 27 heavy (non-hydrogen) atoms. The Morgan fingerprint density at radius 2 is 2.15 bits per heavy atom. The molecule has 0 radical (unpaired) electrons. The summed E-state index contributed by atoms with van der Waals surface area (Å²) < 4.78 is 41.4. The van der Waals surface area contributed by atoms with Gasteiger partial charge in [0.05, 0.1) is 17.8 Å². The smallest absolute Gasteiger partial charge is 0.374 e. The normalized spacial score (nSPS) is 11.3. The fourth-order valence-corrected chi connectivity index (χ4v) is 4.48. The van der Waals surface area contributed by atoms with Crippen LogP contribution in [0.15, 0.2) is 45.9 Å². The Balaban J connectivity index is 1.60. The molecule has 0 aliphatic carbocycles. The number of nitrogens with zero attached hydrogens (tertiary/aromatic N) is 2. The number of hydrogen-bond donors (Lipinski definition) is 1. The molecule has 0 aliphatic heterocycles. The Morgan fingerprint density at radius 1 is 1.33 bits per heavy atom. The summed E-state index contributed by atoms with van der Waals surface area (Å²) >= 11 is 6.88. The summed E-state index contributed by atoms with van der Waals surface area (Å²) in [7, 11) is -3.84. The zero-order valence-corrected chi connectivity index (χ0v) is 16.4. The quantitative estimate of drug-likeness (QED) is 0.575. The Morgan fingerprint density at radius 3 is 2.89 bits per heavy atom. The van der Waals surface area contributed by atoms with E-state index in [1.807, 2.05) is 0 Å². The molecule has 0 fully saturated rings. The highest BCUT2D eigenvalue weighted by atomic mass is 35.5. The maximum Gasteiger partial charge on any atom is 0.374 e. The SMILES string of the molecule is Cc1c(Cl)cccc1S(=O)(=O)Nc1nc(CCOC(=O)c2ccco2)ns1. The standard InChI is InChI=1S/C16H14ClN3O5S2/c1-10-11(17)4-2-6-13(10)27(22,23)20-16-18-14(19-26-16)7-9-25-15(21)12-5-3-8-24-12/h2-6,8H,7,9H2,1H3,(H,18,19,20). The highest BCUT2D eigenvalue weighted by Gasteiger charge is 2.20. The third kappa shape index (κ3) is 4.65. The highest BCUT2D eigenvalue weighted by Crippen LogP contribution is 2.25. The zero-order valence-electron chi connectivity index (χ0n) is 14.0. The Hall–Kier alpha value is -2.43. The fourth-order valence-electron chi connectivity index (χ4n) is 2.15. The molecule has 0 saturated heterocycles. The first kappa shape index (κ1) is 19.3. The number of esters is 1. The molecule has 2 heterocycles. The summed E-state index contributed by atoms with van der Waals surface area (Å²) in [6, 6.07) is 7.71. The van der Waals surface area contributed by atoms with Gasteiger partial charge >= 0.3 is 5.97 Å². The number of anilines is 1. The lowest BCUT2D eigenvalue weighted by Crippen LogP contribution is -2.14. The van der Waals surface area contributed by atoms with Crippen LogP contribution in [-0.4, -0.2) is 30.4 Å². The second kappa shape index (κ2) is 8.07. The van der Waals surface area contributed by atoms with Crippen LogP contribution in [0, 0.1) is 6.92 Å². The van der Waals surface area contributed by atoms with Gasteiger partial charge in [0, 0.05) is 23.0 Å². The van der Waals surface area contributed by atoms with Crippen molar-refractivity contribution in [2.75, 3.05) is 11.3 Å². The van der Waals surface area contributed by atoms with Crippen molar-refractivity contribution in [1.29, 1.82) is 0 Å². The Bertz CT molecular complexity index is 1050. The van der Waals surface area contributed by atoms with Gasteiger partial charge in [0.2, 0.25) is 10.9 Å². The van der Waals surface area contributed by atoms with E-state index in [4.69, 9.17) is 20.8 Å². The van der Waals surface area contributed by atoms with Crippen LogP contribution in [0.25, 0.3) is 0 Å². The van der Waals surface area contributed by atoms with Crippen molar-refractivity contribution in [3.63, 3.8) is 0 Å². The van der Waals surface area contributed by atoms with Crippen LogP contribution >= 0.6 is 23.1 Å². The van der Waals surface area contributed by atoms with Gasteiger partial charge in [-0.25, -0.2) is 18.2 Å². The maximum absolute atomic E-state index is 12.5. The molecule has 3 aromatic rings. The average molecular weight is 428 g/mol. The number of rotatable bonds is 7. The molecular weight excluding hydrogens is 414 g/mol. The average Bonchev–Trinajstić information content (AvgIpc) is 3.29. The van der Waals surface area contributed by atoms with Gasteiger partial charge in [-0.3, -0.25) is 4.72 Å². The lowest BCUT2D eigenvalue weighted by molar-refractivity contribution is 0.0471. The number of nitrogens with one attached hydrogen (secondary N) is 1. The summed E-state index contributed by atoms with van der Waals surface area (Å²) in [6.07, 6.45) is 1.61. The lowest BCUT2D eigenvalue weighted by Gasteiger charge is -2.08. The van der Waals surface area contributed by atoms with Crippen molar-refractivity contribution in [1.82, 2.24) is 9.36 Å². The number of carbonyl (C=O) groups excluding carboxylic acids is 1. The van der Waals surface area contributed by atoms with Crippen molar-refractivity contribution < 1.29 is 22.4 Å². The van der Waals surface area contributed by atoms with Crippen molar-refractivity contribution in [3.05, 3.63) is 58.8 Å². The molecular formula is C16H14ClN3O5S2. The number of sulfonamides is 1. The Labute approximate surface area is 164 Å². The van der Waals surface area contributed by atoms with E-state index in [9.17, 15) is 13.2 Å². The van der Waals surface area contributed by atoms with Crippen LogP contribution in [0.5, 0.6) is 0 Å². The summed E-state index contributed by atoms with van der Waals surface area (Å²) in [5, 5.41) is 0.468. The molecule has 1 N–H and O–H groups in total. The van der Waals surface area contributed by atoms with Crippen LogP contribution < -0.4 is 4.72 Å². The number of furan rings is 1. The number of benzene rings is 1. The number of halogens is 1. The van der Waals surface area contributed by atoms with Crippen molar-refractivity contribution in [3.8, 4) is 0 Å². The van der Waals surface area contributed by atoms with Gasteiger partial charge in [0.15, 0.2) is 0 Å². The molecule has 0 amide bonds. The van der Waals surface area contributed by atoms with Gasteiger partial charge < -0.3 is 9.15 Å². The monoisotopic (exact) mass is 427 g/mol. The first-order valence-corrected chi connectivity index (χ1v) is 10.3. The highest BCUT2D eigenvalue weighted by molar-refractivity contribution is 7.93. The molecule has 0 spiro atoms. The Kier molecular flexibility index (Phi) is 5.78. The van der Waals surface area contributed by atoms with E-state index in [0.29, 0.717) is 16.4 Å². The van der Waals surface area contributed by atoms with Gasteiger partial charge in [-0.1, -0.05) is 17.7 Å². The molecule has 1 aromatic carbocycles. The van der Waals surface area contributed by atoms with E-state index in [2.05, 4.69) is 14.1 Å². The lowest BCUT2D eigenvalue weighted by atomic mass is 10.2. The minimum absolute atomic E-state index is 0.0376. The second-order valence-electron chi connectivity index (χ2n) is 5.35. The number of ether oxygens (including phenoxy) is 1. The molecule has 3 rings (SSSR count). The van der Waals surface area contributed by atoms with E-state index in [1.54, 1.807) is 25.1 Å². The predicted molar refractivity (Wildman–Crippen MR) is 99.6 cm³/mol. The minimum atomic E-state index is -3.84. The fraction of sp³-hybridized carbons (Fsp3) is 0.188. The molecule has 11 heteroatoms. The number of carbonyl (C=O) groups is 1. The van der Waals surface area contributed by atoms with E-state index in [0.717, 1.165) is 11.5 Å². The number of aromatic nitrogens is 2. The van der Waals surface area contributed by atoms with E-state index in [-0.39, 0.29) is 28.8 Å². The van der Waals surface area contributed by atoms with Crippen LogP contribution in [0.1, 0.15) is 21.9 Å². The van der Waals surface area contributed by atoms with Gasteiger partial charge in [0.1, 0.15) is 5.82 Å². The maximum atomic E-state index is 12.5. The van der Waals surface area contributed by atoms with Crippen LogP contribution in [0.2, 0.25) is 5.02 Å². The van der Waals surface area contributed by atoms with Crippen LogP contribution in [-0.2, 0) is 21.2 Å². The second-order valence-corrected chi connectivity index (χ2v) is 8.16. The largest absolute Gasteiger partial charge is 0.459 e. The molecule has 0 atom stereocenters. The minimum Gasteiger partial charge on any atom is -0.459 e. The molecule has 142 valence electrons. The van der Waals surface area contributed by atoms with E-state index < -0.39 is 16.0 Å². The molecule has 0 unspecified atom stereocenters. The summed E-state index contributed by atoms with van der Waals surface area (Å²) in [5.74, 6) is -0.132. The summed E-state index contributed by atoms with van der Waals surface area (Å²) in [4.78, 5) is 15.8. The van der Waals surface area contributed by atoms with E-state index in [1.165, 1.54) is 18.4 Å². The molecule has 0 saturated carbocycles. The van der Waals surface area contributed by atoms with Crippen molar-refractivity contribution in [2.45, 2.75) is 18.2 Å². The van der Waals surface area contributed by atoms with Gasteiger partial charge in [0.25, 0.3) is 10.0 Å². The first-order chi connectivity index (χ1) is 12.9. The van der Waals surface area contributed by atoms with Crippen molar-refractivity contribution >= 4 is 44.3 Å². The van der Waals surface area contributed by atoms with Gasteiger partial charge in [-0.15, -0.1) is 0 Å². The summed E-state index contributed by atoms with van der Waals surface area (Å²) in [5.41, 5.74) is 0.446. The molecule has 0 bridgehead atoms. The van der Waals surface area contributed by atoms with Crippen LogP contribution in [0.3, 0.4) is 0 Å². The number of hydrogen-bond acceptors (Lipinski definition) is 8. The van der Waals surface area contributed by atoms with Gasteiger partial charge in [-0.2, -0.15) is 4.37 Å². The van der Waals surface area contributed by atoms with E-state index >= 15 is 0 Å². The third-order valence-electron chi connectivity index (χ3n) is 3.48. The molecule has 2 aromatic heterocycles.